The molecule has 1 aliphatic heterocycles. The molecule has 1 heterocycles. The monoisotopic (exact) mass is 298 g/mol. The Bertz CT molecular complexity index is 635. The molecule has 1 aliphatic rings. The van der Waals surface area contributed by atoms with Crippen LogP contribution in [0.5, 0.6) is 0 Å². The fraction of sp³-hybridized carbons (Fsp3) is 0.278. The van der Waals surface area contributed by atoms with Gasteiger partial charge in [-0.2, -0.15) is 0 Å². The minimum atomic E-state index is -0.224. The van der Waals surface area contributed by atoms with Gasteiger partial charge in [-0.25, -0.2) is 4.39 Å². The van der Waals surface area contributed by atoms with Gasteiger partial charge in [0.1, 0.15) is 11.7 Å². The summed E-state index contributed by atoms with van der Waals surface area (Å²) in [5, 5.41) is 3.31. The molecule has 0 atom stereocenters. The van der Waals surface area contributed by atoms with E-state index in [1.807, 2.05) is 0 Å². The lowest BCUT2D eigenvalue weighted by Crippen LogP contribution is -2.30. The van der Waals surface area contributed by atoms with Crippen molar-refractivity contribution in [2.24, 2.45) is 4.99 Å². The van der Waals surface area contributed by atoms with Crippen LogP contribution in [0.15, 0.2) is 53.5 Å². The molecule has 0 radical (unpaired) electrons. The number of hydrogen-bond donors (Lipinski definition) is 1. The van der Waals surface area contributed by atoms with Crippen molar-refractivity contribution in [2.45, 2.75) is 19.6 Å². The number of hydrogen-bond acceptors (Lipinski definition) is 3. The van der Waals surface area contributed by atoms with Gasteiger partial charge in [-0.05, 0) is 29.7 Å². The number of nitrogens with one attached hydrogen (secondary N) is 1. The summed E-state index contributed by atoms with van der Waals surface area (Å²) in [6.07, 6.45) is 1.10. The van der Waals surface area contributed by atoms with Crippen molar-refractivity contribution in [1.82, 2.24) is 5.32 Å². The molecule has 2 aromatic rings. The Kier molecular flexibility index (Phi) is 4.81. The van der Waals surface area contributed by atoms with Crippen molar-refractivity contribution < 1.29 is 9.13 Å². The molecule has 114 valence electrons. The highest BCUT2D eigenvalue weighted by molar-refractivity contribution is 5.99. The third kappa shape index (κ3) is 3.92. The van der Waals surface area contributed by atoms with Crippen LogP contribution in [-0.4, -0.2) is 18.9 Å². The fourth-order valence-electron chi connectivity index (χ4n) is 2.35. The second-order valence-corrected chi connectivity index (χ2v) is 5.33. The molecule has 3 nitrogen and oxygen atoms in total. The zero-order valence-electron chi connectivity index (χ0n) is 12.4. The van der Waals surface area contributed by atoms with Crippen molar-refractivity contribution in [3.8, 4) is 0 Å². The maximum atomic E-state index is 12.8. The van der Waals surface area contributed by atoms with E-state index in [1.54, 1.807) is 12.1 Å². The first-order valence-corrected chi connectivity index (χ1v) is 7.51. The van der Waals surface area contributed by atoms with Crippen molar-refractivity contribution >= 4 is 5.84 Å². The molecule has 0 aliphatic carbocycles. The molecule has 2 aromatic carbocycles. The van der Waals surface area contributed by atoms with E-state index in [-0.39, 0.29) is 5.82 Å². The highest BCUT2D eigenvalue weighted by Crippen LogP contribution is 2.10. The van der Waals surface area contributed by atoms with Crippen LogP contribution in [0.4, 0.5) is 4.39 Å². The molecule has 1 N–H and O–H groups in total. The first kappa shape index (κ1) is 14.7. The molecule has 0 saturated carbocycles. The van der Waals surface area contributed by atoms with E-state index >= 15 is 0 Å². The van der Waals surface area contributed by atoms with Crippen LogP contribution in [0.25, 0.3) is 0 Å². The summed E-state index contributed by atoms with van der Waals surface area (Å²) in [4.78, 5) is 4.48. The van der Waals surface area contributed by atoms with Gasteiger partial charge in [0.2, 0.25) is 0 Å². The second kappa shape index (κ2) is 7.18. The minimum Gasteiger partial charge on any atom is -0.372 e. The molecule has 22 heavy (non-hydrogen) atoms. The Hall–Kier alpha value is -2.20. The van der Waals surface area contributed by atoms with Crippen LogP contribution < -0.4 is 5.32 Å². The largest absolute Gasteiger partial charge is 0.372 e. The third-order valence-electron chi connectivity index (χ3n) is 3.58. The Morgan fingerprint density at radius 1 is 0.955 bits per heavy atom. The van der Waals surface area contributed by atoms with Crippen LogP contribution in [0.2, 0.25) is 0 Å². The summed E-state index contributed by atoms with van der Waals surface area (Å²) in [6.45, 7) is 2.90. The summed E-state index contributed by atoms with van der Waals surface area (Å²) in [5.74, 6) is 0.753. The summed E-state index contributed by atoms with van der Waals surface area (Å²) in [5.41, 5.74) is 3.20. The highest BCUT2D eigenvalue weighted by Gasteiger charge is 2.06. The lowest BCUT2D eigenvalue weighted by Gasteiger charge is -2.14. The predicted octanol–water partition coefficient (Wildman–Crippen LogP) is 3.28. The Balaban J connectivity index is 1.52. The molecular weight excluding hydrogens is 279 g/mol. The first-order chi connectivity index (χ1) is 10.8. The normalized spacial score (nSPS) is 14.3. The summed E-state index contributed by atoms with van der Waals surface area (Å²) in [6, 6.07) is 14.6. The van der Waals surface area contributed by atoms with E-state index in [1.165, 1.54) is 12.1 Å². The van der Waals surface area contributed by atoms with Gasteiger partial charge in [0.25, 0.3) is 0 Å². The molecule has 0 aromatic heterocycles. The highest BCUT2D eigenvalue weighted by atomic mass is 19.1. The van der Waals surface area contributed by atoms with Gasteiger partial charge in [0.15, 0.2) is 0 Å². The molecule has 4 heteroatoms. The average molecular weight is 298 g/mol. The summed E-state index contributed by atoms with van der Waals surface area (Å²) in [7, 11) is 0. The Labute approximate surface area is 129 Å². The molecule has 0 spiro atoms. The molecule has 0 bridgehead atoms. The molecule has 0 fully saturated rings. The van der Waals surface area contributed by atoms with E-state index in [2.05, 4.69) is 34.6 Å². The molecule has 3 rings (SSSR count). The molecule has 0 unspecified atom stereocenters. The van der Waals surface area contributed by atoms with E-state index in [4.69, 9.17) is 4.74 Å². The number of amidine groups is 1. The van der Waals surface area contributed by atoms with Crippen LogP contribution in [0.3, 0.4) is 0 Å². The van der Waals surface area contributed by atoms with Gasteiger partial charge in [-0.15, -0.1) is 0 Å². The number of benzene rings is 2. The van der Waals surface area contributed by atoms with Gasteiger partial charge >= 0.3 is 0 Å². The van der Waals surface area contributed by atoms with Crippen molar-refractivity contribution in [3.05, 3.63) is 71.0 Å². The Morgan fingerprint density at radius 3 is 2.18 bits per heavy atom. The number of halogens is 1. The van der Waals surface area contributed by atoms with Gasteiger partial charge in [0, 0.05) is 18.7 Å². The smallest absolute Gasteiger partial charge is 0.128 e. The zero-order chi connectivity index (χ0) is 15.2. The summed E-state index contributed by atoms with van der Waals surface area (Å²) >= 11 is 0. The van der Waals surface area contributed by atoms with Gasteiger partial charge in [-0.3, -0.25) is 4.99 Å². The van der Waals surface area contributed by atoms with Crippen molar-refractivity contribution in [3.63, 3.8) is 0 Å². The summed E-state index contributed by atoms with van der Waals surface area (Å²) < 4.78 is 18.5. The van der Waals surface area contributed by atoms with Gasteiger partial charge < -0.3 is 10.1 Å². The van der Waals surface area contributed by atoms with E-state index < -0.39 is 0 Å². The minimum absolute atomic E-state index is 0.224. The van der Waals surface area contributed by atoms with Gasteiger partial charge in [0.05, 0.1) is 13.2 Å². The van der Waals surface area contributed by atoms with E-state index in [0.29, 0.717) is 13.2 Å². The third-order valence-corrected chi connectivity index (χ3v) is 3.58. The Morgan fingerprint density at radius 2 is 1.59 bits per heavy atom. The fourth-order valence-corrected chi connectivity index (χ4v) is 2.35. The van der Waals surface area contributed by atoms with Crippen LogP contribution >= 0.6 is 0 Å². The average Bonchev–Trinajstić information content (AvgIpc) is 2.58. The van der Waals surface area contributed by atoms with Crippen molar-refractivity contribution in [2.75, 3.05) is 13.1 Å². The molecule has 0 amide bonds. The number of rotatable bonds is 5. The van der Waals surface area contributed by atoms with Gasteiger partial charge in [-0.1, -0.05) is 36.4 Å². The molecular formula is C18H19FN2O. The standard InChI is InChI=1S/C18H19FN2O/c19-17-8-4-15(5-9-17)13-22-12-14-2-6-16(7-3-14)18-20-10-1-11-21-18/h2-9H,1,10-13H2,(H,20,21). The molecule has 0 saturated heterocycles. The maximum Gasteiger partial charge on any atom is 0.128 e. The SMILES string of the molecule is Fc1ccc(COCc2ccc(C3=NCCCN3)cc2)cc1. The van der Waals surface area contributed by atoms with Crippen LogP contribution in [-0.2, 0) is 18.0 Å². The predicted molar refractivity (Wildman–Crippen MR) is 85.4 cm³/mol. The second-order valence-electron chi connectivity index (χ2n) is 5.33. The first-order valence-electron chi connectivity index (χ1n) is 7.51. The van der Waals surface area contributed by atoms with E-state index in [0.717, 1.165) is 42.0 Å². The lowest BCUT2D eigenvalue weighted by molar-refractivity contribution is 0.107. The number of aliphatic imine (C=N–C) groups is 1. The van der Waals surface area contributed by atoms with Crippen LogP contribution in [0.1, 0.15) is 23.1 Å². The van der Waals surface area contributed by atoms with Crippen molar-refractivity contribution in [1.29, 1.82) is 0 Å². The quantitative estimate of drug-likeness (QED) is 0.919. The number of ether oxygens (including phenoxy) is 1. The topological polar surface area (TPSA) is 33.6 Å². The maximum absolute atomic E-state index is 12.8. The number of nitrogens with zero attached hydrogens (tertiary/aromatic N) is 1. The van der Waals surface area contributed by atoms with Crippen LogP contribution in [0, 0.1) is 5.82 Å². The zero-order valence-corrected chi connectivity index (χ0v) is 12.4. The van der Waals surface area contributed by atoms with E-state index in [9.17, 15) is 4.39 Å². The lowest BCUT2D eigenvalue weighted by atomic mass is 10.1.